The van der Waals surface area contributed by atoms with Crippen molar-refractivity contribution in [2.24, 2.45) is 0 Å². The Hall–Kier alpha value is -2.30. The number of Topliss-reactive ketones (excluding diaryl/α,β-unsaturated/α-hetero) is 1. The number of hydrogen-bond acceptors (Lipinski definition) is 2. The highest BCUT2D eigenvalue weighted by molar-refractivity contribution is 6.00. The lowest BCUT2D eigenvalue weighted by molar-refractivity contribution is -0.274. The van der Waals surface area contributed by atoms with Gasteiger partial charge in [-0.05, 0) is 30.2 Å². The van der Waals surface area contributed by atoms with Gasteiger partial charge < -0.3 is 4.74 Å². The molecule has 0 saturated heterocycles. The highest BCUT2D eigenvalue weighted by Crippen LogP contribution is 2.28. The molecule has 0 amide bonds. The SMILES string of the molecule is CC(=O)c1ccccc1-c1ccc(OC(F)(F)F)cc1. The van der Waals surface area contributed by atoms with E-state index in [1.807, 2.05) is 0 Å². The number of alkyl halides is 3. The lowest BCUT2D eigenvalue weighted by atomic mass is 9.97. The number of halogens is 3. The monoisotopic (exact) mass is 280 g/mol. The summed E-state index contributed by atoms with van der Waals surface area (Å²) in [5.41, 5.74) is 1.86. The Labute approximate surface area is 113 Å². The van der Waals surface area contributed by atoms with Crippen LogP contribution in [-0.4, -0.2) is 12.1 Å². The molecule has 0 fully saturated rings. The van der Waals surface area contributed by atoms with E-state index in [-0.39, 0.29) is 11.5 Å². The summed E-state index contributed by atoms with van der Waals surface area (Å²) in [5.74, 6) is -0.391. The Bertz CT molecular complexity index is 616. The fourth-order valence-corrected chi connectivity index (χ4v) is 1.88. The standard InChI is InChI=1S/C15H11F3O2/c1-10(19)13-4-2-3-5-14(13)11-6-8-12(9-7-11)20-15(16,17)18/h2-9H,1H3. The molecule has 2 aromatic carbocycles. The molecule has 0 radical (unpaired) electrons. The van der Waals surface area contributed by atoms with Crippen molar-refractivity contribution in [3.05, 3.63) is 54.1 Å². The van der Waals surface area contributed by atoms with E-state index in [9.17, 15) is 18.0 Å². The van der Waals surface area contributed by atoms with Crippen LogP contribution in [0.25, 0.3) is 11.1 Å². The summed E-state index contributed by atoms with van der Waals surface area (Å²) in [6.07, 6.45) is -4.71. The minimum absolute atomic E-state index is 0.101. The maximum Gasteiger partial charge on any atom is 0.573 e. The van der Waals surface area contributed by atoms with E-state index < -0.39 is 6.36 Å². The largest absolute Gasteiger partial charge is 0.573 e. The second-order valence-corrected chi connectivity index (χ2v) is 4.17. The minimum Gasteiger partial charge on any atom is -0.406 e. The van der Waals surface area contributed by atoms with Crippen LogP contribution in [0.3, 0.4) is 0 Å². The van der Waals surface area contributed by atoms with E-state index in [4.69, 9.17) is 0 Å². The molecule has 0 heterocycles. The number of hydrogen-bond donors (Lipinski definition) is 0. The molecule has 0 aliphatic heterocycles. The van der Waals surface area contributed by atoms with E-state index in [2.05, 4.69) is 4.74 Å². The average molecular weight is 280 g/mol. The first kappa shape index (κ1) is 14.1. The highest BCUT2D eigenvalue weighted by Gasteiger charge is 2.30. The van der Waals surface area contributed by atoms with Crippen molar-refractivity contribution in [2.45, 2.75) is 13.3 Å². The van der Waals surface area contributed by atoms with E-state index in [0.29, 0.717) is 16.7 Å². The van der Waals surface area contributed by atoms with E-state index in [0.717, 1.165) is 0 Å². The third-order valence-electron chi connectivity index (χ3n) is 2.71. The maximum absolute atomic E-state index is 12.1. The van der Waals surface area contributed by atoms with Crippen LogP contribution in [0, 0.1) is 0 Å². The van der Waals surface area contributed by atoms with Crippen molar-refractivity contribution in [3.8, 4) is 16.9 Å². The fraction of sp³-hybridized carbons (Fsp3) is 0.133. The van der Waals surface area contributed by atoms with Crippen LogP contribution >= 0.6 is 0 Å². The van der Waals surface area contributed by atoms with Crippen molar-refractivity contribution >= 4 is 5.78 Å². The van der Waals surface area contributed by atoms with E-state index in [1.165, 1.54) is 31.2 Å². The van der Waals surface area contributed by atoms with Crippen molar-refractivity contribution in [3.63, 3.8) is 0 Å². The van der Waals surface area contributed by atoms with Crippen molar-refractivity contribution in [1.82, 2.24) is 0 Å². The van der Waals surface area contributed by atoms with Crippen LogP contribution in [-0.2, 0) is 0 Å². The second kappa shape index (κ2) is 5.36. The summed E-state index contributed by atoms with van der Waals surface area (Å²) in [6, 6.07) is 12.3. The zero-order chi connectivity index (χ0) is 14.8. The van der Waals surface area contributed by atoms with E-state index in [1.54, 1.807) is 24.3 Å². The molecule has 0 aliphatic carbocycles. The average Bonchev–Trinajstić information content (AvgIpc) is 2.38. The Morgan fingerprint density at radius 1 is 1.00 bits per heavy atom. The third kappa shape index (κ3) is 3.38. The second-order valence-electron chi connectivity index (χ2n) is 4.17. The molecule has 104 valence electrons. The quantitative estimate of drug-likeness (QED) is 0.776. The number of rotatable bonds is 3. The van der Waals surface area contributed by atoms with Gasteiger partial charge in [0, 0.05) is 5.56 Å². The molecule has 2 rings (SSSR count). The lowest BCUT2D eigenvalue weighted by Crippen LogP contribution is -2.16. The number of carbonyl (C=O) groups excluding carboxylic acids is 1. The third-order valence-corrected chi connectivity index (χ3v) is 2.71. The molecule has 0 N–H and O–H groups in total. The van der Waals surface area contributed by atoms with Gasteiger partial charge in [-0.1, -0.05) is 36.4 Å². The predicted molar refractivity (Wildman–Crippen MR) is 68.6 cm³/mol. The summed E-state index contributed by atoms with van der Waals surface area (Å²) >= 11 is 0. The molecule has 2 aromatic rings. The molecule has 0 aromatic heterocycles. The van der Waals surface area contributed by atoms with Gasteiger partial charge >= 0.3 is 6.36 Å². The van der Waals surface area contributed by atoms with Crippen LogP contribution in [0.15, 0.2) is 48.5 Å². The van der Waals surface area contributed by atoms with Crippen LogP contribution in [0.2, 0.25) is 0 Å². The minimum atomic E-state index is -4.71. The summed E-state index contributed by atoms with van der Waals surface area (Å²) < 4.78 is 40.0. The molecule has 0 atom stereocenters. The molecular weight excluding hydrogens is 269 g/mol. The van der Waals surface area contributed by atoms with Crippen LogP contribution < -0.4 is 4.74 Å². The smallest absolute Gasteiger partial charge is 0.406 e. The number of carbonyl (C=O) groups is 1. The fourth-order valence-electron chi connectivity index (χ4n) is 1.88. The van der Waals surface area contributed by atoms with Gasteiger partial charge in [0.15, 0.2) is 5.78 Å². The number of ether oxygens (including phenoxy) is 1. The summed E-state index contributed by atoms with van der Waals surface area (Å²) in [6.45, 7) is 1.44. The Balaban J connectivity index is 2.33. The van der Waals surface area contributed by atoms with Crippen molar-refractivity contribution in [1.29, 1.82) is 0 Å². The first-order valence-corrected chi connectivity index (χ1v) is 5.83. The van der Waals surface area contributed by atoms with Gasteiger partial charge in [0.1, 0.15) is 5.75 Å². The molecular formula is C15H11F3O2. The molecule has 0 unspecified atom stereocenters. The highest BCUT2D eigenvalue weighted by atomic mass is 19.4. The van der Waals surface area contributed by atoms with Crippen LogP contribution in [0.4, 0.5) is 13.2 Å². The zero-order valence-corrected chi connectivity index (χ0v) is 10.6. The topological polar surface area (TPSA) is 26.3 Å². The first-order chi connectivity index (χ1) is 9.37. The van der Waals surface area contributed by atoms with Crippen LogP contribution in [0.5, 0.6) is 5.75 Å². The molecule has 5 heteroatoms. The normalized spacial score (nSPS) is 11.2. The maximum atomic E-state index is 12.1. The molecule has 0 aliphatic rings. The summed E-state index contributed by atoms with van der Waals surface area (Å²) in [5, 5.41) is 0. The van der Waals surface area contributed by atoms with Gasteiger partial charge in [-0.3, -0.25) is 4.79 Å². The van der Waals surface area contributed by atoms with Gasteiger partial charge in [-0.2, -0.15) is 0 Å². The van der Waals surface area contributed by atoms with E-state index >= 15 is 0 Å². The van der Waals surface area contributed by atoms with Gasteiger partial charge in [-0.25, -0.2) is 0 Å². The first-order valence-electron chi connectivity index (χ1n) is 5.83. The Kier molecular flexibility index (Phi) is 3.79. The Morgan fingerprint density at radius 2 is 1.60 bits per heavy atom. The van der Waals surface area contributed by atoms with Gasteiger partial charge in [0.05, 0.1) is 0 Å². The van der Waals surface area contributed by atoms with Gasteiger partial charge in [0.2, 0.25) is 0 Å². The number of benzene rings is 2. The summed E-state index contributed by atoms with van der Waals surface area (Å²) in [4.78, 5) is 11.5. The predicted octanol–water partition coefficient (Wildman–Crippen LogP) is 4.45. The lowest BCUT2D eigenvalue weighted by Gasteiger charge is -2.10. The van der Waals surface area contributed by atoms with Crippen LogP contribution in [0.1, 0.15) is 17.3 Å². The number of ketones is 1. The summed E-state index contributed by atoms with van der Waals surface area (Å²) in [7, 11) is 0. The van der Waals surface area contributed by atoms with Crippen molar-refractivity contribution < 1.29 is 22.7 Å². The molecule has 0 saturated carbocycles. The zero-order valence-electron chi connectivity index (χ0n) is 10.6. The Morgan fingerprint density at radius 3 is 2.15 bits per heavy atom. The van der Waals surface area contributed by atoms with Gasteiger partial charge in [0.25, 0.3) is 0 Å². The molecule has 0 bridgehead atoms. The molecule has 20 heavy (non-hydrogen) atoms. The molecule has 2 nitrogen and oxygen atoms in total. The van der Waals surface area contributed by atoms with Gasteiger partial charge in [-0.15, -0.1) is 13.2 Å². The van der Waals surface area contributed by atoms with Crippen molar-refractivity contribution in [2.75, 3.05) is 0 Å². The molecule has 0 spiro atoms.